The molecule has 0 fully saturated rings. The predicted molar refractivity (Wildman–Crippen MR) is 61.9 cm³/mol. The number of benzene rings is 1. The van der Waals surface area contributed by atoms with Crippen LogP contribution in [0.2, 0.25) is 0 Å². The Kier molecular flexibility index (Phi) is 1.99. The van der Waals surface area contributed by atoms with Crippen molar-refractivity contribution in [1.82, 2.24) is 0 Å². The van der Waals surface area contributed by atoms with E-state index in [9.17, 15) is 4.39 Å². The maximum absolute atomic E-state index is 13.1. The Morgan fingerprint density at radius 3 is 3.13 bits per heavy atom. The second-order valence-electron chi connectivity index (χ2n) is 3.64. The molecule has 1 aliphatic rings. The molecule has 0 radical (unpaired) electrons. The lowest BCUT2D eigenvalue weighted by Crippen LogP contribution is -2.02. The minimum absolute atomic E-state index is 0.179. The van der Waals surface area contributed by atoms with Gasteiger partial charge in [-0.3, -0.25) is 0 Å². The molecule has 0 saturated heterocycles. The molecule has 2 heterocycles. The molecule has 76 valence electrons. The fourth-order valence-corrected chi connectivity index (χ4v) is 2.96. The minimum Gasteiger partial charge on any atom is -0.384 e. The number of thiophene rings is 1. The molecular weight excluding hydrogens is 209 g/mol. The van der Waals surface area contributed by atoms with Gasteiger partial charge in [0.25, 0.3) is 0 Å². The molecule has 0 aliphatic carbocycles. The topological polar surface area (TPSA) is 12.0 Å². The van der Waals surface area contributed by atoms with Crippen molar-refractivity contribution in [2.45, 2.75) is 6.42 Å². The highest BCUT2D eigenvalue weighted by Crippen LogP contribution is 2.37. The molecule has 1 nitrogen and oxygen atoms in total. The first-order valence-corrected chi connectivity index (χ1v) is 5.83. The van der Waals surface area contributed by atoms with Crippen LogP contribution in [-0.2, 0) is 6.42 Å². The second-order valence-corrected chi connectivity index (χ2v) is 4.56. The lowest BCUT2D eigenvalue weighted by Gasteiger charge is -2.06. The van der Waals surface area contributed by atoms with Gasteiger partial charge in [0, 0.05) is 22.7 Å². The van der Waals surface area contributed by atoms with Crippen molar-refractivity contribution in [2.75, 3.05) is 11.9 Å². The Bertz CT molecular complexity index is 504. The van der Waals surface area contributed by atoms with Gasteiger partial charge in [0.2, 0.25) is 0 Å². The molecule has 2 aromatic rings. The number of anilines is 1. The van der Waals surface area contributed by atoms with Gasteiger partial charge in [0.15, 0.2) is 0 Å². The van der Waals surface area contributed by atoms with Crippen molar-refractivity contribution >= 4 is 17.0 Å². The first kappa shape index (κ1) is 8.92. The summed E-state index contributed by atoms with van der Waals surface area (Å²) in [4.78, 5) is 1.27. The zero-order chi connectivity index (χ0) is 10.3. The first-order chi connectivity index (χ1) is 7.34. The Morgan fingerprint density at radius 1 is 1.27 bits per heavy atom. The Labute approximate surface area is 91.6 Å². The molecule has 1 aromatic heterocycles. The van der Waals surface area contributed by atoms with Crippen LogP contribution in [0.15, 0.2) is 29.6 Å². The molecule has 0 amide bonds. The van der Waals surface area contributed by atoms with Crippen LogP contribution in [0.1, 0.15) is 5.56 Å². The Morgan fingerprint density at radius 2 is 2.20 bits per heavy atom. The Hall–Kier alpha value is -1.35. The highest BCUT2D eigenvalue weighted by molar-refractivity contribution is 7.13. The fraction of sp³-hybridized carbons (Fsp3) is 0.167. The van der Waals surface area contributed by atoms with Gasteiger partial charge in [0.05, 0.1) is 0 Å². The van der Waals surface area contributed by atoms with E-state index < -0.39 is 0 Å². The van der Waals surface area contributed by atoms with Crippen LogP contribution in [0.25, 0.3) is 10.4 Å². The zero-order valence-electron chi connectivity index (χ0n) is 8.09. The molecule has 0 spiro atoms. The van der Waals surface area contributed by atoms with Crippen molar-refractivity contribution in [3.63, 3.8) is 0 Å². The van der Waals surface area contributed by atoms with Gasteiger partial charge < -0.3 is 5.32 Å². The summed E-state index contributed by atoms with van der Waals surface area (Å²) in [5.74, 6) is -0.179. The smallest absolute Gasteiger partial charge is 0.125 e. The predicted octanol–water partition coefficient (Wildman–Crippen LogP) is 3.52. The summed E-state index contributed by atoms with van der Waals surface area (Å²) >= 11 is 1.72. The summed E-state index contributed by atoms with van der Waals surface area (Å²) < 4.78 is 13.1. The maximum Gasteiger partial charge on any atom is 0.125 e. The fourth-order valence-electron chi connectivity index (χ4n) is 1.96. The summed E-state index contributed by atoms with van der Waals surface area (Å²) in [5, 5.41) is 5.37. The molecule has 3 heteroatoms. The molecule has 0 unspecified atom stereocenters. The van der Waals surface area contributed by atoms with Crippen molar-refractivity contribution < 1.29 is 4.39 Å². The molecular formula is C12H10FNS. The lowest BCUT2D eigenvalue weighted by molar-refractivity contribution is 0.628. The SMILES string of the molecule is Fc1ccc2c(c1)NCCc1ccsc1-2. The van der Waals surface area contributed by atoms with Crippen molar-refractivity contribution in [1.29, 1.82) is 0 Å². The van der Waals surface area contributed by atoms with Crippen LogP contribution in [0, 0.1) is 5.82 Å². The van der Waals surface area contributed by atoms with Gasteiger partial charge >= 0.3 is 0 Å². The van der Waals surface area contributed by atoms with E-state index >= 15 is 0 Å². The molecule has 3 rings (SSSR count). The van der Waals surface area contributed by atoms with Crippen molar-refractivity contribution in [3.05, 3.63) is 41.0 Å². The highest BCUT2D eigenvalue weighted by Gasteiger charge is 2.15. The number of nitrogens with one attached hydrogen (secondary N) is 1. The van der Waals surface area contributed by atoms with Crippen LogP contribution >= 0.6 is 11.3 Å². The first-order valence-electron chi connectivity index (χ1n) is 4.95. The number of hydrogen-bond donors (Lipinski definition) is 1. The van der Waals surface area contributed by atoms with Gasteiger partial charge in [-0.1, -0.05) is 0 Å². The molecule has 1 N–H and O–H groups in total. The zero-order valence-corrected chi connectivity index (χ0v) is 8.90. The van der Waals surface area contributed by atoms with Crippen LogP contribution in [0.5, 0.6) is 0 Å². The number of hydrogen-bond acceptors (Lipinski definition) is 2. The van der Waals surface area contributed by atoms with Gasteiger partial charge in [-0.2, -0.15) is 0 Å². The standard InChI is InChI=1S/C12H10FNS/c13-9-1-2-10-11(7-9)14-5-3-8-4-6-15-12(8)10/h1-2,4,6-7,14H,3,5H2. The molecule has 1 aliphatic heterocycles. The second kappa shape index (κ2) is 3.35. The summed E-state index contributed by atoms with van der Waals surface area (Å²) in [6.07, 6.45) is 1.01. The van der Waals surface area contributed by atoms with Crippen LogP contribution < -0.4 is 5.32 Å². The highest BCUT2D eigenvalue weighted by atomic mass is 32.1. The van der Waals surface area contributed by atoms with Gasteiger partial charge in [-0.05, 0) is 41.6 Å². The van der Waals surface area contributed by atoms with E-state index in [0.717, 1.165) is 24.2 Å². The van der Waals surface area contributed by atoms with Crippen LogP contribution in [0.4, 0.5) is 10.1 Å². The molecule has 0 saturated carbocycles. The molecule has 0 atom stereocenters. The number of fused-ring (bicyclic) bond motifs is 3. The summed E-state index contributed by atoms with van der Waals surface area (Å²) in [7, 11) is 0. The molecule has 15 heavy (non-hydrogen) atoms. The summed E-state index contributed by atoms with van der Waals surface area (Å²) in [6.45, 7) is 0.875. The quantitative estimate of drug-likeness (QED) is 0.714. The van der Waals surface area contributed by atoms with E-state index in [1.165, 1.54) is 16.5 Å². The van der Waals surface area contributed by atoms with Gasteiger partial charge in [0.1, 0.15) is 5.82 Å². The summed E-state index contributed by atoms with van der Waals surface area (Å²) in [6, 6.07) is 7.11. The van der Waals surface area contributed by atoms with E-state index in [0.29, 0.717) is 0 Å². The molecule has 0 bridgehead atoms. The normalized spacial score (nSPS) is 13.7. The summed E-state index contributed by atoms with van der Waals surface area (Å²) in [5.41, 5.74) is 3.40. The van der Waals surface area contributed by atoms with E-state index in [2.05, 4.69) is 16.8 Å². The van der Waals surface area contributed by atoms with Gasteiger partial charge in [-0.15, -0.1) is 11.3 Å². The largest absolute Gasteiger partial charge is 0.384 e. The Balaban J connectivity index is 2.25. The lowest BCUT2D eigenvalue weighted by atomic mass is 10.1. The third-order valence-corrected chi connectivity index (χ3v) is 3.67. The van der Waals surface area contributed by atoms with Crippen molar-refractivity contribution in [3.8, 4) is 10.4 Å². The third kappa shape index (κ3) is 1.43. The monoisotopic (exact) mass is 219 g/mol. The number of halogens is 1. The van der Waals surface area contributed by atoms with E-state index in [1.54, 1.807) is 17.4 Å². The van der Waals surface area contributed by atoms with E-state index in [-0.39, 0.29) is 5.82 Å². The molecule has 1 aromatic carbocycles. The minimum atomic E-state index is -0.179. The average Bonchev–Trinajstić information content (AvgIpc) is 2.61. The maximum atomic E-state index is 13.1. The number of rotatable bonds is 0. The third-order valence-electron chi connectivity index (χ3n) is 2.68. The van der Waals surface area contributed by atoms with Crippen molar-refractivity contribution in [2.24, 2.45) is 0 Å². The van der Waals surface area contributed by atoms with Gasteiger partial charge in [-0.25, -0.2) is 4.39 Å². The van der Waals surface area contributed by atoms with E-state index in [4.69, 9.17) is 0 Å². The van der Waals surface area contributed by atoms with Crippen LogP contribution in [-0.4, -0.2) is 6.54 Å². The van der Waals surface area contributed by atoms with Crippen LogP contribution in [0.3, 0.4) is 0 Å². The average molecular weight is 219 g/mol. The van der Waals surface area contributed by atoms with E-state index in [1.807, 2.05) is 6.07 Å².